The summed E-state index contributed by atoms with van der Waals surface area (Å²) in [6.07, 6.45) is 15.6. The molecule has 1 unspecified atom stereocenters. The van der Waals surface area contributed by atoms with Crippen LogP contribution in [0.15, 0.2) is 0 Å². The summed E-state index contributed by atoms with van der Waals surface area (Å²) in [4.78, 5) is 13.7. The molecule has 0 saturated carbocycles. The second kappa shape index (κ2) is 12.0. The molecule has 3 nitrogen and oxygen atoms in total. The minimum atomic E-state index is -0.286. The molecule has 0 aromatic rings. The van der Waals surface area contributed by atoms with Crippen molar-refractivity contribution in [2.75, 3.05) is 13.1 Å². The van der Waals surface area contributed by atoms with Gasteiger partial charge in [0.25, 0.3) is 0 Å². The number of likely N-dealkylation sites (tertiary alicyclic amines) is 1. The SMILES string of the molecule is CCCCCCCCCCCCCC(=O)N1CCC(O)C1. The van der Waals surface area contributed by atoms with E-state index in [1.54, 1.807) is 0 Å². The zero-order valence-corrected chi connectivity index (χ0v) is 14.0. The zero-order chi connectivity index (χ0) is 15.3. The molecule has 1 saturated heterocycles. The minimum absolute atomic E-state index is 0.238. The molecule has 1 N–H and O–H groups in total. The summed E-state index contributed by atoms with van der Waals surface area (Å²) in [5, 5.41) is 9.41. The lowest BCUT2D eigenvalue weighted by Crippen LogP contribution is -2.29. The smallest absolute Gasteiger partial charge is 0.222 e. The van der Waals surface area contributed by atoms with Crippen molar-refractivity contribution in [1.82, 2.24) is 4.90 Å². The summed E-state index contributed by atoms with van der Waals surface area (Å²) >= 11 is 0. The van der Waals surface area contributed by atoms with E-state index in [1.807, 2.05) is 4.90 Å². The molecule has 0 radical (unpaired) electrons. The maximum atomic E-state index is 11.9. The Morgan fingerprint density at radius 3 is 1.95 bits per heavy atom. The highest BCUT2D eigenvalue weighted by molar-refractivity contribution is 5.76. The van der Waals surface area contributed by atoms with E-state index in [0.29, 0.717) is 13.0 Å². The number of hydrogen-bond donors (Lipinski definition) is 1. The van der Waals surface area contributed by atoms with Crippen LogP contribution >= 0.6 is 0 Å². The van der Waals surface area contributed by atoms with Crippen LogP contribution < -0.4 is 0 Å². The van der Waals surface area contributed by atoms with E-state index in [2.05, 4.69) is 6.92 Å². The lowest BCUT2D eigenvalue weighted by atomic mass is 10.1. The Bertz CT molecular complexity index is 268. The lowest BCUT2D eigenvalue weighted by Gasteiger charge is -2.15. The van der Waals surface area contributed by atoms with Crippen molar-refractivity contribution in [3.8, 4) is 0 Å². The fourth-order valence-electron chi connectivity index (χ4n) is 3.07. The molecular weight excluding hydrogens is 262 g/mol. The Morgan fingerprint density at radius 2 is 1.48 bits per heavy atom. The van der Waals surface area contributed by atoms with Gasteiger partial charge in [-0.05, 0) is 12.8 Å². The zero-order valence-electron chi connectivity index (χ0n) is 14.0. The molecule has 1 atom stereocenters. The van der Waals surface area contributed by atoms with Crippen LogP contribution in [0.25, 0.3) is 0 Å². The van der Waals surface area contributed by atoms with Crippen molar-refractivity contribution in [1.29, 1.82) is 0 Å². The number of carbonyl (C=O) groups excluding carboxylic acids is 1. The monoisotopic (exact) mass is 297 g/mol. The van der Waals surface area contributed by atoms with Gasteiger partial charge in [0.05, 0.1) is 6.10 Å². The first-order valence-electron chi connectivity index (χ1n) is 9.20. The Morgan fingerprint density at radius 1 is 0.952 bits per heavy atom. The van der Waals surface area contributed by atoms with Crippen LogP contribution in [0.4, 0.5) is 0 Å². The Balaban J connectivity index is 1.81. The third-order valence-electron chi connectivity index (χ3n) is 4.51. The van der Waals surface area contributed by atoms with Gasteiger partial charge in [-0.25, -0.2) is 0 Å². The van der Waals surface area contributed by atoms with Gasteiger partial charge in [0.1, 0.15) is 0 Å². The van der Waals surface area contributed by atoms with Gasteiger partial charge in [0, 0.05) is 19.5 Å². The third-order valence-corrected chi connectivity index (χ3v) is 4.51. The van der Waals surface area contributed by atoms with Crippen LogP contribution in [0.2, 0.25) is 0 Å². The number of aliphatic hydroxyl groups excluding tert-OH is 1. The van der Waals surface area contributed by atoms with Gasteiger partial charge in [0.2, 0.25) is 5.91 Å². The number of nitrogens with zero attached hydrogens (tertiary/aromatic N) is 1. The van der Waals surface area contributed by atoms with Crippen LogP contribution in [0.3, 0.4) is 0 Å². The number of unbranched alkanes of at least 4 members (excludes halogenated alkanes) is 10. The molecule has 0 aromatic carbocycles. The summed E-state index contributed by atoms with van der Waals surface area (Å²) < 4.78 is 0. The molecule has 3 heteroatoms. The molecule has 0 aliphatic carbocycles. The summed E-state index contributed by atoms with van der Waals surface area (Å²) in [6.45, 7) is 3.56. The van der Waals surface area contributed by atoms with Crippen molar-refractivity contribution in [2.45, 2.75) is 96.5 Å². The molecule has 124 valence electrons. The Hall–Kier alpha value is -0.570. The first-order chi connectivity index (χ1) is 10.2. The predicted octanol–water partition coefficient (Wildman–Crippen LogP) is 4.28. The van der Waals surface area contributed by atoms with Gasteiger partial charge in [-0.15, -0.1) is 0 Å². The normalized spacial score (nSPS) is 18.4. The van der Waals surface area contributed by atoms with Gasteiger partial charge < -0.3 is 10.0 Å². The van der Waals surface area contributed by atoms with Crippen LogP contribution in [0, 0.1) is 0 Å². The summed E-state index contributed by atoms with van der Waals surface area (Å²) in [7, 11) is 0. The number of β-amino-alcohol motifs (C(OH)–C–C–N with tert-alkyl or cyclic N) is 1. The van der Waals surface area contributed by atoms with E-state index in [4.69, 9.17) is 0 Å². The molecule has 1 rings (SSSR count). The molecule has 1 aliphatic rings. The van der Waals surface area contributed by atoms with Crippen molar-refractivity contribution in [3.63, 3.8) is 0 Å². The molecule has 1 aliphatic heterocycles. The maximum Gasteiger partial charge on any atom is 0.222 e. The van der Waals surface area contributed by atoms with E-state index in [0.717, 1.165) is 19.4 Å². The minimum Gasteiger partial charge on any atom is -0.391 e. The predicted molar refractivity (Wildman–Crippen MR) is 88.3 cm³/mol. The fourth-order valence-corrected chi connectivity index (χ4v) is 3.07. The fraction of sp³-hybridized carbons (Fsp3) is 0.944. The molecule has 1 amide bonds. The summed E-state index contributed by atoms with van der Waals surface area (Å²) in [5.74, 6) is 0.238. The van der Waals surface area contributed by atoms with Crippen molar-refractivity contribution in [2.24, 2.45) is 0 Å². The number of aliphatic hydroxyl groups is 1. The van der Waals surface area contributed by atoms with Crippen LogP contribution in [0.5, 0.6) is 0 Å². The third kappa shape index (κ3) is 9.13. The topological polar surface area (TPSA) is 40.5 Å². The van der Waals surface area contributed by atoms with Gasteiger partial charge in [-0.2, -0.15) is 0 Å². The number of rotatable bonds is 12. The highest BCUT2D eigenvalue weighted by atomic mass is 16.3. The molecule has 0 spiro atoms. The summed E-state index contributed by atoms with van der Waals surface area (Å²) in [6, 6.07) is 0. The van der Waals surface area contributed by atoms with Crippen LogP contribution in [-0.2, 0) is 4.79 Å². The van der Waals surface area contributed by atoms with Gasteiger partial charge >= 0.3 is 0 Å². The number of hydrogen-bond acceptors (Lipinski definition) is 2. The van der Waals surface area contributed by atoms with Crippen molar-refractivity contribution < 1.29 is 9.90 Å². The molecular formula is C18H35NO2. The van der Waals surface area contributed by atoms with E-state index in [9.17, 15) is 9.90 Å². The quantitative estimate of drug-likeness (QED) is 0.546. The largest absolute Gasteiger partial charge is 0.391 e. The second-order valence-corrected chi connectivity index (χ2v) is 6.57. The highest BCUT2D eigenvalue weighted by Gasteiger charge is 2.23. The van der Waals surface area contributed by atoms with Gasteiger partial charge in [-0.3, -0.25) is 4.79 Å². The first kappa shape index (κ1) is 18.5. The maximum absolute atomic E-state index is 11.9. The number of amides is 1. The van der Waals surface area contributed by atoms with Crippen molar-refractivity contribution in [3.05, 3.63) is 0 Å². The average molecular weight is 297 g/mol. The highest BCUT2D eigenvalue weighted by Crippen LogP contribution is 2.14. The second-order valence-electron chi connectivity index (χ2n) is 6.57. The summed E-state index contributed by atoms with van der Waals surface area (Å²) in [5.41, 5.74) is 0. The molecule has 0 bridgehead atoms. The van der Waals surface area contributed by atoms with E-state index >= 15 is 0 Å². The molecule has 0 aromatic heterocycles. The van der Waals surface area contributed by atoms with Crippen LogP contribution in [0.1, 0.15) is 90.4 Å². The molecule has 1 fully saturated rings. The van der Waals surface area contributed by atoms with E-state index in [1.165, 1.54) is 64.2 Å². The van der Waals surface area contributed by atoms with Crippen LogP contribution in [-0.4, -0.2) is 35.1 Å². The standard InChI is InChI=1S/C18H35NO2/c1-2-3-4-5-6-7-8-9-10-11-12-13-18(21)19-15-14-17(20)16-19/h17,20H,2-16H2,1H3. The molecule has 1 heterocycles. The average Bonchev–Trinajstić information content (AvgIpc) is 2.91. The molecule has 21 heavy (non-hydrogen) atoms. The van der Waals surface area contributed by atoms with Crippen molar-refractivity contribution >= 4 is 5.91 Å². The number of carbonyl (C=O) groups is 1. The van der Waals surface area contributed by atoms with Gasteiger partial charge in [0.15, 0.2) is 0 Å². The van der Waals surface area contributed by atoms with E-state index in [-0.39, 0.29) is 12.0 Å². The Kier molecular flexibility index (Phi) is 10.6. The van der Waals surface area contributed by atoms with E-state index < -0.39 is 0 Å². The first-order valence-corrected chi connectivity index (χ1v) is 9.20. The van der Waals surface area contributed by atoms with Gasteiger partial charge in [-0.1, -0.05) is 71.1 Å². The Labute approximate surface area is 131 Å². The lowest BCUT2D eigenvalue weighted by molar-refractivity contribution is -0.130.